The van der Waals surface area contributed by atoms with Crippen LogP contribution in [0.15, 0.2) is 76.9 Å². The number of piperazine rings is 1. The summed E-state index contributed by atoms with van der Waals surface area (Å²) in [6.07, 6.45) is 1.49. The van der Waals surface area contributed by atoms with Crippen LogP contribution in [0.25, 0.3) is 5.76 Å². The SMILES string of the molecule is CC(C)COc1ccc(/C(O)=C2/C(=O)C(=O)N(c3ccc(N4CCN(C)CC4)cc3)C2c2ccco2)cc1. The summed E-state index contributed by atoms with van der Waals surface area (Å²) in [5.41, 5.74) is 2.03. The van der Waals surface area contributed by atoms with Gasteiger partial charge in [0.2, 0.25) is 0 Å². The minimum atomic E-state index is -0.892. The van der Waals surface area contributed by atoms with Gasteiger partial charge in [0.05, 0.1) is 18.4 Å². The van der Waals surface area contributed by atoms with Crippen molar-refractivity contribution in [2.45, 2.75) is 19.9 Å². The van der Waals surface area contributed by atoms with Crippen molar-refractivity contribution in [3.05, 3.63) is 83.8 Å². The Morgan fingerprint density at radius 1 is 0.974 bits per heavy atom. The lowest BCUT2D eigenvalue weighted by molar-refractivity contribution is -0.132. The molecule has 198 valence electrons. The van der Waals surface area contributed by atoms with Crippen LogP contribution in [0.4, 0.5) is 11.4 Å². The molecule has 38 heavy (non-hydrogen) atoms. The Bertz CT molecular complexity index is 1300. The molecule has 5 rings (SSSR count). The molecule has 8 nitrogen and oxygen atoms in total. The number of aliphatic hydroxyl groups is 1. The van der Waals surface area contributed by atoms with Crippen molar-refractivity contribution < 1.29 is 23.8 Å². The largest absolute Gasteiger partial charge is 0.507 e. The molecule has 2 aromatic carbocycles. The number of carbonyl (C=O) groups is 2. The smallest absolute Gasteiger partial charge is 0.300 e. The highest BCUT2D eigenvalue weighted by Gasteiger charge is 2.48. The van der Waals surface area contributed by atoms with Gasteiger partial charge in [0, 0.05) is 43.1 Å². The Hall–Kier alpha value is -4.04. The molecule has 1 N–H and O–H groups in total. The van der Waals surface area contributed by atoms with Crippen LogP contribution in [0.3, 0.4) is 0 Å². The van der Waals surface area contributed by atoms with Gasteiger partial charge in [0.25, 0.3) is 11.7 Å². The number of amides is 1. The van der Waals surface area contributed by atoms with Gasteiger partial charge in [0.1, 0.15) is 23.3 Å². The Morgan fingerprint density at radius 3 is 2.24 bits per heavy atom. The zero-order valence-corrected chi connectivity index (χ0v) is 22.0. The molecule has 1 unspecified atom stereocenters. The van der Waals surface area contributed by atoms with E-state index in [4.69, 9.17) is 9.15 Å². The van der Waals surface area contributed by atoms with E-state index >= 15 is 0 Å². The number of hydrogen-bond acceptors (Lipinski definition) is 7. The molecule has 0 bridgehead atoms. The second-order valence-electron chi connectivity index (χ2n) is 10.2. The second-order valence-corrected chi connectivity index (χ2v) is 10.2. The molecule has 2 aliphatic heterocycles. The fraction of sp³-hybridized carbons (Fsp3) is 0.333. The fourth-order valence-electron chi connectivity index (χ4n) is 4.83. The maximum Gasteiger partial charge on any atom is 0.300 e. The predicted molar refractivity (Wildman–Crippen MR) is 146 cm³/mol. The lowest BCUT2D eigenvalue weighted by atomic mass is 9.99. The molecule has 3 aromatic rings. The summed E-state index contributed by atoms with van der Waals surface area (Å²) in [5, 5.41) is 11.3. The zero-order valence-electron chi connectivity index (χ0n) is 22.0. The summed E-state index contributed by atoms with van der Waals surface area (Å²) < 4.78 is 11.4. The molecular weight excluding hydrogens is 482 g/mol. The number of furan rings is 1. The summed E-state index contributed by atoms with van der Waals surface area (Å²) in [5.74, 6) is -0.284. The third kappa shape index (κ3) is 5.04. The topological polar surface area (TPSA) is 86.5 Å². The van der Waals surface area contributed by atoms with Crippen LogP contribution in [-0.4, -0.2) is 61.5 Å². The molecule has 0 spiro atoms. The van der Waals surface area contributed by atoms with Crippen molar-refractivity contribution in [1.29, 1.82) is 0 Å². The number of aliphatic hydroxyl groups excluding tert-OH is 1. The van der Waals surface area contributed by atoms with Crippen molar-refractivity contribution in [2.75, 3.05) is 49.6 Å². The van der Waals surface area contributed by atoms with E-state index in [1.165, 1.54) is 11.2 Å². The van der Waals surface area contributed by atoms with E-state index in [1.807, 2.05) is 24.3 Å². The highest BCUT2D eigenvalue weighted by atomic mass is 16.5. The molecule has 2 fully saturated rings. The summed E-state index contributed by atoms with van der Waals surface area (Å²) in [4.78, 5) is 32.6. The van der Waals surface area contributed by atoms with Gasteiger partial charge in [-0.2, -0.15) is 0 Å². The Balaban J connectivity index is 1.48. The third-order valence-electron chi connectivity index (χ3n) is 6.96. The minimum Gasteiger partial charge on any atom is -0.507 e. The molecule has 1 amide bonds. The highest BCUT2D eigenvalue weighted by molar-refractivity contribution is 6.51. The van der Waals surface area contributed by atoms with Gasteiger partial charge in [-0.05, 0) is 73.6 Å². The number of hydrogen-bond donors (Lipinski definition) is 1. The van der Waals surface area contributed by atoms with Crippen LogP contribution in [0.1, 0.15) is 31.2 Å². The van der Waals surface area contributed by atoms with Gasteiger partial charge < -0.3 is 24.1 Å². The Morgan fingerprint density at radius 2 is 1.63 bits per heavy atom. The summed E-state index contributed by atoms with van der Waals surface area (Å²) in [6.45, 7) is 8.52. The van der Waals surface area contributed by atoms with Crippen molar-refractivity contribution in [2.24, 2.45) is 5.92 Å². The summed E-state index contributed by atoms with van der Waals surface area (Å²) >= 11 is 0. The second kappa shape index (κ2) is 10.8. The predicted octanol–water partition coefficient (Wildman–Crippen LogP) is 4.69. The number of anilines is 2. The Labute approximate surface area is 222 Å². The number of likely N-dealkylation sites (N-methyl/N-ethyl adjacent to an activating group) is 1. The maximum atomic E-state index is 13.3. The van der Waals surface area contributed by atoms with E-state index in [0.717, 1.165) is 31.9 Å². The van der Waals surface area contributed by atoms with E-state index in [-0.39, 0.29) is 11.3 Å². The molecule has 2 aliphatic rings. The number of nitrogens with zero attached hydrogens (tertiary/aromatic N) is 3. The molecule has 1 atom stereocenters. The standard InChI is InChI=1S/C30H33N3O5/c1-20(2)19-38-24-12-6-21(7-13-24)28(34)26-27(25-5-4-18-37-25)33(30(36)29(26)35)23-10-8-22(9-11-23)32-16-14-31(3)15-17-32/h4-13,18,20,27,34H,14-17,19H2,1-3H3/b28-26-. The average Bonchev–Trinajstić information content (AvgIpc) is 3.55. The molecule has 3 heterocycles. The van der Waals surface area contributed by atoms with Crippen LogP contribution in [0.2, 0.25) is 0 Å². The van der Waals surface area contributed by atoms with Gasteiger partial charge in [0.15, 0.2) is 0 Å². The minimum absolute atomic E-state index is 0.0102. The van der Waals surface area contributed by atoms with Gasteiger partial charge in [-0.25, -0.2) is 0 Å². The number of ketones is 1. The number of rotatable bonds is 7. The first kappa shape index (κ1) is 25.6. The van der Waals surface area contributed by atoms with Gasteiger partial charge in [-0.15, -0.1) is 0 Å². The lowest BCUT2D eigenvalue weighted by Gasteiger charge is -2.34. The van der Waals surface area contributed by atoms with Gasteiger partial charge in [-0.3, -0.25) is 14.5 Å². The van der Waals surface area contributed by atoms with Crippen LogP contribution in [-0.2, 0) is 9.59 Å². The van der Waals surface area contributed by atoms with Crippen LogP contribution in [0.5, 0.6) is 5.75 Å². The number of carbonyl (C=O) groups excluding carboxylic acids is 2. The Kier molecular flexibility index (Phi) is 7.24. The quantitative estimate of drug-likeness (QED) is 0.277. The van der Waals surface area contributed by atoms with Crippen LogP contribution in [0, 0.1) is 5.92 Å². The van der Waals surface area contributed by atoms with E-state index in [9.17, 15) is 14.7 Å². The monoisotopic (exact) mass is 515 g/mol. The molecule has 8 heteroatoms. The van der Waals surface area contributed by atoms with Crippen molar-refractivity contribution in [3.8, 4) is 5.75 Å². The lowest BCUT2D eigenvalue weighted by Crippen LogP contribution is -2.44. The average molecular weight is 516 g/mol. The third-order valence-corrected chi connectivity index (χ3v) is 6.96. The van der Waals surface area contributed by atoms with Gasteiger partial charge >= 0.3 is 0 Å². The molecule has 0 aliphatic carbocycles. The van der Waals surface area contributed by atoms with E-state index < -0.39 is 17.7 Å². The summed E-state index contributed by atoms with van der Waals surface area (Å²) in [7, 11) is 2.11. The molecule has 0 radical (unpaired) electrons. The maximum absolute atomic E-state index is 13.3. The molecular formula is C30H33N3O5. The first-order valence-electron chi connectivity index (χ1n) is 12.9. The highest BCUT2D eigenvalue weighted by Crippen LogP contribution is 2.42. The molecule has 0 saturated carbocycles. The first-order valence-corrected chi connectivity index (χ1v) is 12.9. The van der Waals surface area contributed by atoms with Crippen LogP contribution < -0.4 is 14.5 Å². The van der Waals surface area contributed by atoms with Crippen molar-refractivity contribution >= 4 is 28.8 Å². The summed E-state index contributed by atoms with van der Waals surface area (Å²) in [6, 6.07) is 17.0. The van der Waals surface area contributed by atoms with E-state index in [2.05, 4.69) is 30.7 Å². The van der Waals surface area contributed by atoms with Crippen molar-refractivity contribution in [1.82, 2.24) is 4.90 Å². The number of benzene rings is 2. The molecule has 2 saturated heterocycles. The first-order chi connectivity index (χ1) is 18.3. The van der Waals surface area contributed by atoms with Gasteiger partial charge in [-0.1, -0.05) is 13.8 Å². The van der Waals surface area contributed by atoms with Crippen LogP contribution >= 0.6 is 0 Å². The van der Waals surface area contributed by atoms with E-state index in [1.54, 1.807) is 36.4 Å². The zero-order chi connectivity index (χ0) is 26.8. The normalized spacial score (nSPS) is 19.9. The van der Waals surface area contributed by atoms with E-state index in [0.29, 0.717) is 35.3 Å². The number of Topliss-reactive ketones (excluding diaryl/α,β-unsaturated/α-hetero) is 1. The fourth-order valence-corrected chi connectivity index (χ4v) is 4.83. The number of ether oxygens (including phenoxy) is 1. The molecule has 1 aromatic heterocycles. The van der Waals surface area contributed by atoms with Crippen molar-refractivity contribution in [3.63, 3.8) is 0 Å².